The van der Waals surface area contributed by atoms with Gasteiger partial charge in [-0.3, -0.25) is 0 Å². The fourth-order valence-electron chi connectivity index (χ4n) is 3.86. The molecule has 2 unspecified atom stereocenters. The molecular formula is C14H27N. The van der Waals surface area contributed by atoms with Crippen molar-refractivity contribution >= 4 is 0 Å². The van der Waals surface area contributed by atoms with Crippen LogP contribution in [0.25, 0.3) is 0 Å². The van der Waals surface area contributed by atoms with Crippen molar-refractivity contribution in [3.8, 4) is 0 Å². The molecule has 88 valence electrons. The van der Waals surface area contributed by atoms with Gasteiger partial charge >= 0.3 is 0 Å². The zero-order valence-corrected chi connectivity index (χ0v) is 10.7. The van der Waals surface area contributed by atoms with E-state index in [2.05, 4.69) is 26.1 Å². The molecule has 2 rings (SSSR count). The summed E-state index contributed by atoms with van der Waals surface area (Å²) in [6.07, 6.45) is 9.90. The Hall–Kier alpha value is -0.0400. The lowest BCUT2D eigenvalue weighted by Crippen LogP contribution is -2.48. The number of rotatable bonds is 2. The molecule has 2 aliphatic rings. The Bertz CT molecular complexity index is 195. The van der Waals surface area contributed by atoms with Gasteiger partial charge < -0.3 is 5.32 Å². The van der Waals surface area contributed by atoms with Crippen LogP contribution in [0.15, 0.2) is 0 Å². The van der Waals surface area contributed by atoms with Gasteiger partial charge in [-0.1, -0.05) is 26.7 Å². The van der Waals surface area contributed by atoms with E-state index in [0.717, 1.165) is 17.9 Å². The van der Waals surface area contributed by atoms with Crippen molar-refractivity contribution in [3.63, 3.8) is 0 Å². The van der Waals surface area contributed by atoms with Crippen LogP contribution in [-0.2, 0) is 0 Å². The SMILES string of the molecule is CC1CC(C)CC(NC2(C)CCCC2)C1. The molecule has 1 heteroatoms. The first-order valence-corrected chi connectivity index (χ1v) is 6.85. The Morgan fingerprint density at radius 3 is 2.00 bits per heavy atom. The van der Waals surface area contributed by atoms with Gasteiger partial charge in [0.05, 0.1) is 0 Å². The van der Waals surface area contributed by atoms with Crippen molar-refractivity contribution in [2.24, 2.45) is 11.8 Å². The average molecular weight is 209 g/mol. The van der Waals surface area contributed by atoms with Gasteiger partial charge in [0.15, 0.2) is 0 Å². The first kappa shape index (κ1) is 11.4. The summed E-state index contributed by atoms with van der Waals surface area (Å²) in [5.74, 6) is 1.85. The van der Waals surface area contributed by atoms with Crippen molar-refractivity contribution < 1.29 is 0 Å². The van der Waals surface area contributed by atoms with Crippen LogP contribution >= 0.6 is 0 Å². The topological polar surface area (TPSA) is 12.0 Å². The number of hydrogen-bond acceptors (Lipinski definition) is 1. The molecule has 0 aromatic rings. The fourth-order valence-corrected chi connectivity index (χ4v) is 3.86. The van der Waals surface area contributed by atoms with E-state index >= 15 is 0 Å². The van der Waals surface area contributed by atoms with Crippen LogP contribution in [0.3, 0.4) is 0 Å². The van der Waals surface area contributed by atoms with Crippen molar-refractivity contribution in [2.75, 3.05) is 0 Å². The van der Waals surface area contributed by atoms with Crippen LogP contribution in [0.1, 0.15) is 65.7 Å². The Labute approximate surface area is 95.0 Å². The van der Waals surface area contributed by atoms with E-state index < -0.39 is 0 Å². The van der Waals surface area contributed by atoms with Crippen LogP contribution in [-0.4, -0.2) is 11.6 Å². The zero-order valence-electron chi connectivity index (χ0n) is 10.7. The lowest BCUT2D eigenvalue weighted by molar-refractivity contribution is 0.196. The molecule has 2 atom stereocenters. The maximum atomic E-state index is 3.96. The molecule has 2 aliphatic carbocycles. The van der Waals surface area contributed by atoms with Crippen molar-refractivity contribution in [1.82, 2.24) is 5.32 Å². The first-order chi connectivity index (χ1) is 7.07. The molecule has 0 aliphatic heterocycles. The van der Waals surface area contributed by atoms with E-state index in [1.54, 1.807) is 0 Å². The normalized spacial score (nSPS) is 40.6. The summed E-state index contributed by atoms with van der Waals surface area (Å²) in [5.41, 5.74) is 0.474. The minimum Gasteiger partial charge on any atom is -0.309 e. The molecule has 2 saturated carbocycles. The second-order valence-electron chi connectivity index (χ2n) is 6.53. The van der Waals surface area contributed by atoms with E-state index in [9.17, 15) is 0 Å². The molecule has 0 amide bonds. The summed E-state index contributed by atoms with van der Waals surface area (Å²) in [7, 11) is 0. The van der Waals surface area contributed by atoms with Gasteiger partial charge in [-0.2, -0.15) is 0 Å². The van der Waals surface area contributed by atoms with Crippen molar-refractivity contribution in [2.45, 2.75) is 77.3 Å². The van der Waals surface area contributed by atoms with E-state index in [1.807, 2.05) is 0 Å². The second kappa shape index (κ2) is 4.45. The van der Waals surface area contributed by atoms with Crippen LogP contribution in [0, 0.1) is 11.8 Å². The summed E-state index contributed by atoms with van der Waals surface area (Å²) in [6.45, 7) is 7.27. The second-order valence-corrected chi connectivity index (χ2v) is 6.53. The molecule has 2 fully saturated rings. The van der Waals surface area contributed by atoms with Crippen molar-refractivity contribution in [1.29, 1.82) is 0 Å². The molecule has 0 bridgehead atoms. The van der Waals surface area contributed by atoms with Gasteiger partial charge in [-0.05, 0) is 50.9 Å². The molecule has 0 spiro atoms. The minimum atomic E-state index is 0.474. The molecular weight excluding hydrogens is 182 g/mol. The van der Waals surface area contributed by atoms with Crippen molar-refractivity contribution in [3.05, 3.63) is 0 Å². The van der Waals surface area contributed by atoms with Gasteiger partial charge in [0.2, 0.25) is 0 Å². The lowest BCUT2D eigenvalue weighted by atomic mass is 9.79. The summed E-state index contributed by atoms with van der Waals surface area (Å²) in [5, 5.41) is 3.96. The van der Waals surface area contributed by atoms with E-state index in [1.165, 1.54) is 44.9 Å². The highest BCUT2D eigenvalue weighted by atomic mass is 15.0. The Morgan fingerprint density at radius 1 is 0.933 bits per heavy atom. The van der Waals surface area contributed by atoms with Crippen LogP contribution < -0.4 is 5.32 Å². The third kappa shape index (κ3) is 2.96. The lowest BCUT2D eigenvalue weighted by Gasteiger charge is -2.38. The maximum Gasteiger partial charge on any atom is 0.0155 e. The van der Waals surface area contributed by atoms with Gasteiger partial charge in [0, 0.05) is 11.6 Å². The summed E-state index contributed by atoms with van der Waals surface area (Å²) in [6, 6.07) is 0.798. The summed E-state index contributed by atoms with van der Waals surface area (Å²) >= 11 is 0. The summed E-state index contributed by atoms with van der Waals surface area (Å²) in [4.78, 5) is 0. The molecule has 15 heavy (non-hydrogen) atoms. The molecule has 0 radical (unpaired) electrons. The predicted octanol–water partition coefficient (Wildman–Crippen LogP) is 3.73. The third-order valence-corrected chi connectivity index (χ3v) is 4.44. The summed E-state index contributed by atoms with van der Waals surface area (Å²) < 4.78 is 0. The van der Waals surface area contributed by atoms with Crippen LogP contribution in [0.5, 0.6) is 0 Å². The largest absolute Gasteiger partial charge is 0.309 e. The third-order valence-electron chi connectivity index (χ3n) is 4.44. The molecule has 1 N–H and O–H groups in total. The predicted molar refractivity (Wildman–Crippen MR) is 66.0 cm³/mol. The highest BCUT2D eigenvalue weighted by molar-refractivity contribution is 4.92. The van der Waals surface area contributed by atoms with E-state index in [-0.39, 0.29) is 0 Å². The smallest absolute Gasteiger partial charge is 0.0155 e. The Morgan fingerprint density at radius 2 is 1.47 bits per heavy atom. The van der Waals surface area contributed by atoms with Gasteiger partial charge in [0.1, 0.15) is 0 Å². The average Bonchev–Trinajstić information content (AvgIpc) is 2.49. The zero-order chi connectivity index (χ0) is 10.9. The molecule has 1 nitrogen and oxygen atoms in total. The van der Waals surface area contributed by atoms with E-state index in [0.29, 0.717) is 5.54 Å². The van der Waals surface area contributed by atoms with Crippen LogP contribution in [0.4, 0.5) is 0 Å². The highest BCUT2D eigenvalue weighted by Crippen LogP contribution is 2.34. The van der Waals surface area contributed by atoms with Gasteiger partial charge in [0.25, 0.3) is 0 Å². The minimum absolute atomic E-state index is 0.474. The van der Waals surface area contributed by atoms with Gasteiger partial charge in [-0.25, -0.2) is 0 Å². The molecule has 0 heterocycles. The highest BCUT2D eigenvalue weighted by Gasteiger charge is 2.33. The monoisotopic (exact) mass is 209 g/mol. The first-order valence-electron chi connectivity index (χ1n) is 6.85. The Kier molecular flexibility index (Phi) is 3.39. The van der Waals surface area contributed by atoms with Crippen LogP contribution in [0.2, 0.25) is 0 Å². The number of hydrogen-bond donors (Lipinski definition) is 1. The Balaban J connectivity index is 1.87. The quantitative estimate of drug-likeness (QED) is 0.730. The van der Waals surface area contributed by atoms with E-state index in [4.69, 9.17) is 0 Å². The fraction of sp³-hybridized carbons (Fsp3) is 1.00. The molecule has 0 aromatic carbocycles. The molecule has 0 aromatic heterocycles. The maximum absolute atomic E-state index is 3.96. The van der Waals surface area contributed by atoms with Gasteiger partial charge in [-0.15, -0.1) is 0 Å². The number of nitrogens with one attached hydrogen (secondary N) is 1. The standard InChI is InChI=1S/C14H27N/c1-11-8-12(2)10-13(9-11)15-14(3)6-4-5-7-14/h11-13,15H,4-10H2,1-3H3. The molecule has 0 saturated heterocycles.